The summed E-state index contributed by atoms with van der Waals surface area (Å²) in [6, 6.07) is 12.1. The Hall–Kier alpha value is -2.09. The molecule has 1 aromatic carbocycles. The summed E-state index contributed by atoms with van der Waals surface area (Å²) in [5, 5.41) is 0. The van der Waals surface area contributed by atoms with Crippen LogP contribution in [0.25, 0.3) is 17.3 Å². The van der Waals surface area contributed by atoms with Gasteiger partial charge < -0.3 is 5.73 Å². The first-order valence-electron chi connectivity index (χ1n) is 6.26. The van der Waals surface area contributed by atoms with E-state index in [4.69, 9.17) is 10.7 Å². The zero-order valence-electron chi connectivity index (χ0n) is 10.4. The molecule has 2 heteroatoms. The second kappa shape index (κ2) is 4.30. The van der Waals surface area contributed by atoms with E-state index in [9.17, 15) is 0 Å². The van der Waals surface area contributed by atoms with Crippen LogP contribution >= 0.6 is 0 Å². The lowest BCUT2D eigenvalue weighted by molar-refractivity contribution is 0.700. The molecule has 1 unspecified atom stereocenters. The summed E-state index contributed by atoms with van der Waals surface area (Å²) in [5.74, 6) is 0.570. The van der Waals surface area contributed by atoms with Crippen molar-refractivity contribution in [2.45, 2.75) is 13.3 Å². The highest BCUT2D eigenvalue weighted by atomic mass is 14.7. The van der Waals surface area contributed by atoms with Crippen molar-refractivity contribution in [1.29, 1.82) is 0 Å². The fourth-order valence-electron chi connectivity index (χ4n) is 2.33. The molecular weight excluding hydrogens is 220 g/mol. The molecule has 1 aliphatic rings. The van der Waals surface area contributed by atoms with Crippen molar-refractivity contribution in [3.8, 4) is 11.3 Å². The minimum Gasteiger partial charge on any atom is -0.399 e. The van der Waals surface area contributed by atoms with Gasteiger partial charge in [0.15, 0.2) is 0 Å². The highest BCUT2D eigenvalue weighted by Crippen LogP contribution is 2.25. The first kappa shape index (κ1) is 11.0. The summed E-state index contributed by atoms with van der Waals surface area (Å²) in [6.07, 6.45) is 5.42. The van der Waals surface area contributed by atoms with Gasteiger partial charge in [0.05, 0.1) is 5.69 Å². The predicted octanol–water partition coefficient (Wildman–Crippen LogP) is 3.54. The lowest BCUT2D eigenvalue weighted by Crippen LogP contribution is -2.06. The molecule has 1 aliphatic carbocycles. The number of hydrogen-bond donors (Lipinski definition) is 1. The number of benzene rings is 1. The van der Waals surface area contributed by atoms with E-state index in [1.807, 2.05) is 24.3 Å². The van der Waals surface area contributed by atoms with Crippen LogP contribution in [0.5, 0.6) is 0 Å². The molecule has 18 heavy (non-hydrogen) atoms. The molecule has 0 radical (unpaired) electrons. The molecule has 1 atom stereocenters. The number of aromatic nitrogens is 1. The van der Waals surface area contributed by atoms with Crippen molar-refractivity contribution in [3.63, 3.8) is 0 Å². The van der Waals surface area contributed by atoms with Crippen LogP contribution in [0.3, 0.4) is 0 Å². The molecule has 0 saturated carbocycles. The van der Waals surface area contributed by atoms with Crippen LogP contribution in [0.2, 0.25) is 0 Å². The maximum absolute atomic E-state index is 5.82. The standard InChI is InChI=1S/C16H16N2/c1-11-5-6-12-7-8-15(18-16(12)9-11)13-3-2-4-14(17)10-13/h2-8,10-11H,9,17H2,1H3. The van der Waals surface area contributed by atoms with Crippen LogP contribution < -0.4 is 5.73 Å². The van der Waals surface area contributed by atoms with Crippen molar-refractivity contribution in [2.24, 2.45) is 5.92 Å². The largest absolute Gasteiger partial charge is 0.399 e. The van der Waals surface area contributed by atoms with Crippen LogP contribution in [0.4, 0.5) is 5.69 Å². The first-order valence-corrected chi connectivity index (χ1v) is 6.26. The van der Waals surface area contributed by atoms with Crippen LogP contribution in [0.15, 0.2) is 42.5 Å². The number of fused-ring (bicyclic) bond motifs is 1. The Morgan fingerprint density at radius 1 is 1.22 bits per heavy atom. The highest BCUT2D eigenvalue weighted by molar-refractivity contribution is 5.66. The summed E-state index contributed by atoms with van der Waals surface area (Å²) in [7, 11) is 0. The van der Waals surface area contributed by atoms with Gasteiger partial charge >= 0.3 is 0 Å². The molecule has 0 aliphatic heterocycles. The smallest absolute Gasteiger partial charge is 0.0706 e. The third kappa shape index (κ3) is 2.02. The summed E-state index contributed by atoms with van der Waals surface area (Å²) in [6.45, 7) is 2.22. The Labute approximate surface area is 107 Å². The number of nitrogens with zero attached hydrogens (tertiary/aromatic N) is 1. The Balaban J connectivity index is 2.05. The predicted molar refractivity (Wildman–Crippen MR) is 76.0 cm³/mol. The van der Waals surface area contributed by atoms with Crippen LogP contribution in [0, 0.1) is 5.92 Å². The maximum atomic E-state index is 5.82. The molecule has 2 aromatic rings. The van der Waals surface area contributed by atoms with Crippen molar-refractivity contribution >= 4 is 11.8 Å². The van der Waals surface area contributed by atoms with Gasteiger partial charge in [-0.1, -0.05) is 37.3 Å². The first-order chi connectivity index (χ1) is 8.72. The van der Waals surface area contributed by atoms with E-state index in [1.165, 1.54) is 11.3 Å². The van der Waals surface area contributed by atoms with Gasteiger partial charge in [-0.2, -0.15) is 0 Å². The molecule has 0 spiro atoms. The number of nitrogens with two attached hydrogens (primary N) is 1. The Morgan fingerprint density at radius 3 is 2.94 bits per heavy atom. The zero-order chi connectivity index (χ0) is 12.5. The Kier molecular flexibility index (Phi) is 2.63. The van der Waals surface area contributed by atoms with Crippen molar-refractivity contribution < 1.29 is 0 Å². The number of allylic oxidation sites excluding steroid dienone is 1. The minimum atomic E-state index is 0.570. The van der Waals surface area contributed by atoms with Gasteiger partial charge in [0.1, 0.15) is 0 Å². The average Bonchev–Trinajstić information content (AvgIpc) is 2.38. The summed E-state index contributed by atoms with van der Waals surface area (Å²) in [5.41, 5.74) is 11.1. The fraction of sp³-hybridized carbons (Fsp3) is 0.188. The Morgan fingerprint density at radius 2 is 2.11 bits per heavy atom. The van der Waals surface area contributed by atoms with E-state index in [1.54, 1.807) is 0 Å². The lowest BCUT2D eigenvalue weighted by Gasteiger charge is -2.15. The van der Waals surface area contributed by atoms with E-state index in [0.717, 1.165) is 23.4 Å². The van der Waals surface area contributed by atoms with Crippen molar-refractivity contribution in [1.82, 2.24) is 4.98 Å². The van der Waals surface area contributed by atoms with Crippen molar-refractivity contribution in [3.05, 3.63) is 53.7 Å². The van der Waals surface area contributed by atoms with E-state index < -0.39 is 0 Å². The van der Waals surface area contributed by atoms with Gasteiger partial charge in [-0.3, -0.25) is 4.98 Å². The van der Waals surface area contributed by atoms with Gasteiger partial charge in [-0.05, 0) is 36.1 Å². The van der Waals surface area contributed by atoms with Crippen LogP contribution in [-0.4, -0.2) is 4.98 Å². The van der Waals surface area contributed by atoms with Gasteiger partial charge in [0.25, 0.3) is 0 Å². The van der Waals surface area contributed by atoms with Gasteiger partial charge in [0.2, 0.25) is 0 Å². The number of pyridine rings is 1. The third-order valence-electron chi connectivity index (χ3n) is 3.31. The van der Waals surface area contributed by atoms with Crippen molar-refractivity contribution in [2.75, 3.05) is 5.73 Å². The quantitative estimate of drug-likeness (QED) is 0.769. The topological polar surface area (TPSA) is 38.9 Å². The molecular formula is C16H16N2. The van der Waals surface area contributed by atoms with E-state index in [2.05, 4.69) is 31.2 Å². The molecule has 2 N–H and O–H groups in total. The highest BCUT2D eigenvalue weighted by Gasteiger charge is 2.12. The summed E-state index contributed by atoms with van der Waals surface area (Å²) in [4.78, 5) is 4.77. The molecule has 0 bridgehead atoms. The second-order valence-electron chi connectivity index (χ2n) is 4.90. The fourth-order valence-corrected chi connectivity index (χ4v) is 2.33. The zero-order valence-corrected chi connectivity index (χ0v) is 10.4. The molecule has 0 fully saturated rings. The van der Waals surface area contributed by atoms with E-state index >= 15 is 0 Å². The molecule has 1 aromatic heterocycles. The monoisotopic (exact) mass is 236 g/mol. The molecule has 2 nitrogen and oxygen atoms in total. The van der Waals surface area contributed by atoms with E-state index in [-0.39, 0.29) is 0 Å². The number of rotatable bonds is 1. The molecule has 0 saturated heterocycles. The minimum absolute atomic E-state index is 0.570. The van der Waals surface area contributed by atoms with Crippen LogP contribution in [0.1, 0.15) is 18.2 Å². The van der Waals surface area contributed by atoms with Gasteiger partial charge in [-0.15, -0.1) is 0 Å². The summed E-state index contributed by atoms with van der Waals surface area (Å²) >= 11 is 0. The molecule has 90 valence electrons. The SMILES string of the molecule is CC1C=Cc2ccc(-c3cccc(N)c3)nc2C1. The lowest BCUT2D eigenvalue weighted by atomic mass is 9.94. The third-order valence-corrected chi connectivity index (χ3v) is 3.31. The number of hydrogen-bond acceptors (Lipinski definition) is 2. The van der Waals surface area contributed by atoms with Gasteiger partial charge in [-0.25, -0.2) is 0 Å². The maximum Gasteiger partial charge on any atom is 0.0706 e. The van der Waals surface area contributed by atoms with E-state index in [0.29, 0.717) is 5.92 Å². The molecule has 1 heterocycles. The normalized spacial score (nSPS) is 17.5. The average molecular weight is 236 g/mol. The summed E-state index contributed by atoms with van der Waals surface area (Å²) < 4.78 is 0. The number of nitrogen functional groups attached to an aromatic ring is 1. The van der Waals surface area contributed by atoms with Gasteiger partial charge in [0, 0.05) is 16.9 Å². The Bertz CT molecular complexity index is 614. The van der Waals surface area contributed by atoms with Crippen LogP contribution in [-0.2, 0) is 6.42 Å². The second-order valence-corrected chi connectivity index (χ2v) is 4.90. The molecule has 3 rings (SSSR count). The number of anilines is 1. The molecule has 0 amide bonds.